The quantitative estimate of drug-likeness (QED) is 0.756. The van der Waals surface area contributed by atoms with Crippen LogP contribution in [0, 0.1) is 5.92 Å². The molecule has 1 N–H and O–H groups in total. The molecular weight excluding hydrogens is 214 g/mol. The van der Waals surface area contributed by atoms with Gasteiger partial charge in [0.25, 0.3) is 0 Å². The summed E-state index contributed by atoms with van der Waals surface area (Å²) in [6.45, 7) is 9.22. The molecule has 1 aromatic heterocycles. The Bertz CT molecular complexity index is 309. The van der Waals surface area contributed by atoms with Crippen molar-refractivity contribution in [2.45, 2.75) is 39.8 Å². The molecule has 0 spiro atoms. The van der Waals surface area contributed by atoms with Gasteiger partial charge in [-0.3, -0.25) is 4.68 Å². The van der Waals surface area contributed by atoms with E-state index in [2.05, 4.69) is 37.3 Å². The van der Waals surface area contributed by atoms with Crippen molar-refractivity contribution in [2.75, 3.05) is 20.3 Å². The molecule has 1 rings (SSSR count). The number of aromatic nitrogens is 2. The van der Waals surface area contributed by atoms with E-state index in [4.69, 9.17) is 4.74 Å². The summed E-state index contributed by atoms with van der Waals surface area (Å²) < 4.78 is 7.15. The first-order valence-electron chi connectivity index (χ1n) is 6.44. The fraction of sp³-hybridized carbons (Fsp3) is 0.769. The molecule has 0 aliphatic heterocycles. The Morgan fingerprint density at radius 1 is 1.47 bits per heavy atom. The average molecular weight is 239 g/mol. The smallest absolute Gasteiger partial charge is 0.0659 e. The van der Waals surface area contributed by atoms with Crippen LogP contribution < -0.4 is 5.32 Å². The monoisotopic (exact) mass is 239 g/mol. The number of hydrogen-bond acceptors (Lipinski definition) is 3. The first-order chi connectivity index (χ1) is 8.20. The minimum absolute atomic E-state index is 0.370. The van der Waals surface area contributed by atoms with Crippen LogP contribution >= 0.6 is 0 Å². The molecule has 0 bridgehead atoms. The summed E-state index contributed by atoms with van der Waals surface area (Å²) in [5.74, 6) is 0.555. The van der Waals surface area contributed by atoms with Crippen molar-refractivity contribution < 1.29 is 4.74 Å². The highest BCUT2D eigenvalue weighted by atomic mass is 16.5. The van der Waals surface area contributed by atoms with Gasteiger partial charge in [-0.1, -0.05) is 20.8 Å². The lowest BCUT2D eigenvalue weighted by Gasteiger charge is -2.23. The van der Waals surface area contributed by atoms with Gasteiger partial charge in [0.15, 0.2) is 0 Å². The minimum Gasteiger partial charge on any atom is -0.383 e. The molecule has 1 aromatic rings. The predicted molar refractivity (Wildman–Crippen MR) is 70.0 cm³/mol. The lowest BCUT2D eigenvalue weighted by molar-refractivity contribution is 0.181. The molecule has 0 aromatic carbocycles. The Labute approximate surface area is 104 Å². The maximum absolute atomic E-state index is 5.11. The molecule has 1 heterocycles. The Morgan fingerprint density at radius 3 is 2.82 bits per heavy atom. The molecule has 0 aliphatic rings. The number of ether oxygens (including phenoxy) is 1. The van der Waals surface area contributed by atoms with E-state index in [1.807, 2.05) is 10.9 Å². The third kappa shape index (κ3) is 4.13. The summed E-state index contributed by atoms with van der Waals surface area (Å²) in [6, 6.07) is 2.47. The van der Waals surface area contributed by atoms with Gasteiger partial charge < -0.3 is 10.1 Å². The maximum Gasteiger partial charge on any atom is 0.0659 e. The van der Waals surface area contributed by atoms with E-state index in [9.17, 15) is 0 Å². The van der Waals surface area contributed by atoms with Gasteiger partial charge in [-0.05, 0) is 24.9 Å². The van der Waals surface area contributed by atoms with Crippen LogP contribution in [0.25, 0.3) is 0 Å². The first kappa shape index (κ1) is 14.2. The Morgan fingerprint density at radius 2 is 2.24 bits per heavy atom. The highest BCUT2D eigenvalue weighted by Gasteiger charge is 2.18. The second-order valence-corrected chi connectivity index (χ2v) is 4.65. The number of hydrogen-bond donors (Lipinski definition) is 1. The van der Waals surface area contributed by atoms with E-state index >= 15 is 0 Å². The molecular formula is C13H25N3O. The van der Waals surface area contributed by atoms with Gasteiger partial charge in [-0.25, -0.2) is 0 Å². The van der Waals surface area contributed by atoms with Gasteiger partial charge in [0.1, 0.15) is 0 Å². The van der Waals surface area contributed by atoms with Crippen LogP contribution in [0.15, 0.2) is 12.3 Å². The molecule has 0 fully saturated rings. The molecule has 0 aliphatic carbocycles. The largest absolute Gasteiger partial charge is 0.383 e. The topological polar surface area (TPSA) is 39.1 Å². The zero-order chi connectivity index (χ0) is 12.7. The van der Waals surface area contributed by atoms with Crippen molar-refractivity contribution in [2.24, 2.45) is 5.92 Å². The normalized spacial score (nSPS) is 13.2. The molecule has 1 unspecified atom stereocenters. The third-order valence-corrected chi connectivity index (χ3v) is 2.86. The summed E-state index contributed by atoms with van der Waals surface area (Å²) in [6.07, 6.45) is 3.02. The van der Waals surface area contributed by atoms with Crippen molar-refractivity contribution >= 4 is 0 Å². The van der Waals surface area contributed by atoms with Gasteiger partial charge in [-0.2, -0.15) is 5.10 Å². The molecule has 17 heavy (non-hydrogen) atoms. The summed E-state index contributed by atoms with van der Waals surface area (Å²) >= 11 is 0. The van der Waals surface area contributed by atoms with Crippen molar-refractivity contribution in [3.63, 3.8) is 0 Å². The second kappa shape index (κ2) is 7.45. The number of nitrogens with one attached hydrogen (secondary N) is 1. The second-order valence-electron chi connectivity index (χ2n) is 4.65. The SMILES string of the molecule is CCCNC(c1ccnn1CCOC)C(C)C. The van der Waals surface area contributed by atoms with Crippen LogP contribution in [0.1, 0.15) is 38.9 Å². The van der Waals surface area contributed by atoms with Crippen LogP contribution in [0.2, 0.25) is 0 Å². The zero-order valence-electron chi connectivity index (χ0n) is 11.4. The van der Waals surface area contributed by atoms with Crippen molar-refractivity contribution in [1.29, 1.82) is 0 Å². The van der Waals surface area contributed by atoms with Gasteiger partial charge in [0.05, 0.1) is 24.9 Å². The molecule has 0 saturated carbocycles. The van der Waals surface area contributed by atoms with Crippen molar-refractivity contribution in [3.05, 3.63) is 18.0 Å². The number of methoxy groups -OCH3 is 1. The van der Waals surface area contributed by atoms with E-state index in [0.717, 1.165) is 19.5 Å². The summed E-state index contributed by atoms with van der Waals surface area (Å²) in [5, 5.41) is 7.95. The van der Waals surface area contributed by atoms with Crippen LogP contribution in [0.3, 0.4) is 0 Å². The van der Waals surface area contributed by atoms with Gasteiger partial charge >= 0.3 is 0 Å². The predicted octanol–water partition coefficient (Wildman–Crippen LogP) is 2.23. The summed E-state index contributed by atoms with van der Waals surface area (Å²) in [4.78, 5) is 0. The molecule has 0 amide bonds. The fourth-order valence-corrected chi connectivity index (χ4v) is 1.95. The lowest BCUT2D eigenvalue weighted by atomic mass is 10.0. The highest BCUT2D eigenvalue weighted by Crippen LogP contribution is 2.21. The van der Waals surface area contributed by atoms with E-state index < -0.39 is 0 Å². The molecule has 98 valence electrons. The van der Waals surface area contributed by atoms with Crippen LogP contribution in [0.4, 0.5) is 0 Å². The Balaban J connectivity index is 2.74. The standard InChI is InChI=1S/C13H25N3O/c1-5-7-14-13(11(2)3)12-6-8-15-16(12)9-10-17-4/h6,8,11,13-14H,5,7,9-10H2,1-4H3. The zero-order valence-corrected chi connectivity index (χ0v) is 11.4. The van der Waals surface area contributed by atoms with E-state index in [1.54, 1.807) is 7.11 Å². The van der Waals surface area contributed by atoms with Crippen LogP contribution in [-0.2, 0) is 11.3 Å². The summed E-state index contributed by atoms with van der Waals surface area (Å²) in [7, 11) is 1.72. The highest BCUT2D eigenvalue weighted by molar-refractivity contribution is 5.08. The number of nitrogens with zero attached hydrogens (tertiary/aromatic N) is 2. The molecule has 0 radical (unpaired) electrons. The van der Waals surface area contributed by atoms with E-state index in [0.29, 0.717) is 18.6 Å². The molecule has 4 nitrogen and oxygen atoms in total. The Hall–Kier alpha value is -0.870. The lowest BCUT2D eigenvalue weighted by Crippen LogP contribution is -2.29. The van der Waals surface area contributed by atoms with Crippen LogP contribution in [-0.4, -0.2) is 30.0 Å². The minimum atomic E-state index is 0.370. The fourth-order valence-electron chi connectivity index (χ4n) is 1.95. The molecule has 1 atom stereocenters. The first-order valence-corrected chi connectivity index (χ1v) is 6.44. The van der Waals surface area contributed by atoms with Gasteiger partial charge in [0, 0.05) is 13.3 Å². The van der Waals surface area contributed by atoms with E-state index in [-0.39, 0.29) is 0 Å². The molecule has 4 heteroatoms. The maximum atomic E-state index is 5.11. The number of rotatable bonds is 8. The van der Waals surface area contributed by atoms with Gasteiger partial charge in [-0.15, -0.1) is 0 Å². The van der Waals surface area contributed by atoms with Crippen LogP contribution in [0.5, 0.6) is 0 Å². The van der Waals surface area contributed by atoms with Crippen molar-refractivity contribution in [3.8, 4) is 0 Å². The summed E-state index contributed by atoms with van der Waals surface area (Å²) in [5.41, 5.74) is 1.26. The molecule has 0 saturated heterocycles. The average Bonchev–Trinajstić information content (AvgIpc) is 2.75. The third-order valence-electron chi connectivity index (χ3n) is 2.86. The Kier molecular flexibility index (Phi) is 6.22. The van der Waals surface area contributed by atoms with E-state index in [1.165, 1.54) is 5.69 Å². The van der Waals surface area contributed by atoms with Crippen molar-refractivity contribution in [1.82, 2.24) is 15.1 Å². The van der Waals surface area contributed by atoms with Gasteiger partial charge in [0.2, 0.25) is 0 Å².